The third-order valence-corrected chi connectivity index (χ3v) is 4.05. The Morgan fingerprint density at radius 1 is 1.27 bits per heavy atom. The minimum absolute atomic E-state index is 0.0899. The molecule has 0 atom stereocenters. The van der Waals surface area contributed by atoms with Crippen molar-refractivity contribution in [2.24, 2.45) is 0 Å². The first-order chi connectivity index (χ1) is 10.6. The molecule has 0 radical (unpaired) electrons. The molecule has 0 unspecified atom stereocenters. The number of aryl methyl sites for hydroxylation is 2. The number of aromatic amines is 1. The predicted molar refractivity (Wildman–Crippen MR) is 85.0 cm³/mol. The zero-order valence-corrected chi connectivity index (χ0v) is 12.7. The highest BCUT2D eigenvalue weighted by Gasteiger charge is 2.17. The smallest absolute Gasteiger partial charge is 0.251 e. The Kier molecular flexibility index (Phi) is 4.24. The van der Waals surface area contributed by atoms with Crippen LogP contribution in [-0.4, -0.2) is 42.1 Å². The van der Waals surface area contributed by atoms with Crippen LogP contribution in [0.4, 0.5) is 0 Å². The van der Waals surface area contributed by atoms with Gasteiger partial charge in [0.1, 0.15) is 0 Å². The predicted octanol–water partition coefficient (Wildman–Crippen LogP) is 1.63. The van der Waals surface area contributed by atoms with Gasteiger partial charge in [-0.15, -0.1) is 0 Å². The molecule has 1 amide bonds. The maximum absolute atomic E-state index is 12.2. The van der Waals surface area contributed by atoms with Gasteiger partial charge in [0, 0.05) is 30.6 Å². The number of nitrogens with zero attached hydrogens (tertiary/aromatic N) is 1. The fourth-order valence-corrected chi connectivity index (χ4v) is 2.77. The van der Waals surface area contributed by atoms with E-state index in [9.17, 15) is 9.59 Å². The number of carbonyl (C=O) groups is 1. The van der Waals surface area contributed by atoms with E-state index in [1.165, 1.54) is 0 Å². The van der Waals surface area contributed by atoms with Gasteiger partial charge < -0.3 is 14.6 Å². The lowest BCUT2D eigenvalue weighted by Gasteiger charge is -2.26. The van der Waals surface area contributed by atoms with Crippen molar-refractivity contribution in [1.29, 1.82) is 0 Å². The SMILES string of the molecule is Cc1ccc2[nH]c(=O)c(CCC(=O)N3CCOCC3)cc2c1. The third kappa shape index (κ3) is 3.20. The average molecular weight is 300 g/mol. The number of hydrogen-bond donors (Lipinski definition) is 1. The molecule has 0 aliphatic carbocycles. The van der Waals surface area contributed by atoms with E-state index in [-0.39, 0.29) is 11.5 Å². The Bertz CT molecular complexity index is 745. The second-order valence-electron chi connectivity index (χ2n) is 5.71. The fraction of sp³-hybridized carbons (Fsp3) is 0.412. The Labute approximate surface area is 128 Å². The molecular formula is C17H20N2O3. The quantitative estimate of drug-likeness (QED) is 0.937. The third-order valence-electron chi connectivity index (χ3n) is 4.05. The fourth-order valence-electron chi connectivity index (χ4n) is 2.77. The molecule has 3 rings (SSSR count). The van der Waals surface area contributed by atoms with Crippen LogP contribution < -0.4 is 5.56 Å². The number of pyridine rings is 1. The molecule has 5 nitrogen and oxygen atoms in total. The number of amides is 1. The molecule has 2 aromatic rings. The van der Waals surface area contributed by atoms with Crippen LogP contribution in [0.3, 0.4) is 0 Å². The zero-order valence-electron chi connectivity index (χ0n) is 12.7. The van der Waals surface area contributed by atoms with Crippen molar-refractivity contribution in [3.8, 4) is 0 Å². The van der Waals surface area contributed by atoms with Crippen LogP contribution in [-0.2, 0) is 16.0 Å². The lowest BCUT2D eigenvalue weighted by Crippen LogP contribution is -2.40. The van der Waals surface area contributed by atoms with E-state index in [4.69, 9.17) is 4.74 Å². The van der Waals surface area contributed by atoms with Crippen molar-refractivity contribution in [2.75, 3.05) is 26.3 Å². The summed E-state index contributed by atoms with van der Waals surface area (Å²) < 4.78 is 5.24. The number of aromatic nitrogens is 1. The number of ether oxygens (including phenoxy) is 1. The number of benzene rings is 1. The summed E-state index contributed by atoms with van der Waals surface area (Å²) in [6.45, 7) is 4.51. The first kappa shape index (κ1) is 14.8. The average Bonchev–Trinajstić information content (AvgIpc) is 2.54. The summed E-state index contributed by atoms with van der Waals surface area (Å²) in [5.41, 5.74) is 2.54. The first-order valence-electron chi connectivity index (χ1n) is 7.61. The Morgan fingerprint density at radius 3 is 2.82 bits per heavy atom. The lowest BCUT2D eigenvalue weighted by atomic mass is 10.1. The van der Waals surface area contributed by atoms with Crippen molar-refractivity contribution in [2.45, 2.75) is 19.8 Å². The van der Waals surface area contributed by atoms with E-state index >= 15 is 0 Å². The highest BCUT2D eigenvalue weighted by molar-refractivity contribution is 5.80. The van der Waals surface area contributed by atoms with Gasteiger partial charge in [-0.3, -0.25) is 9.59 Å². The normalized spacial score (nSPS) is 15.2. The summed E-state index contributed by atoms with van der Waals surface area (Å²) in [7, 11) is 0. The summed E-state index contributed by atoms with van der Waals surface area (Å²) in [6.07, 6.45) is 0.829. The second-order valence-corrected chi connectivity index (χ2v) is 5.71. The Morgan fingerprint density at radius 2 is 2.05 bits per heavy atom. The van der Waals surface area contributed by atoms with Gasteiger partial charge >= 0.3 is 0 Å². The molecule has 0 bridgehead atoms. The molecule has 1 N–H and O–H groups in total. The molecule has 2 heterocycles. The largest absolute Gasteiger partial charge is 0.378 e. The standard InChI is InChI=1S/C17H20N2O3/c1-12-2-4-15-14(10-12)11-13(17(21)18-15)3-5-16(20)19-6-8-22-9-7-19/h2,4,10-11H,3,5-9H2,1H3,(H,18,21). The van der Waals surface area contributed by atoms with Crippen LogP contribution in [0.15, 0.2) is 29.1 Å². The molecule has 1 aromatic carbocycles. The number of carbonyl (C=O) groups excluding carboxylic acids is 1. The molecule has 116 valence electrons. The van der Waals surface area contributed by atoms with Crippen molar-refractivity contribution in [3.05, 3.63) is 45.7 Å². The van der Waals surface area contributed by atoms with Crippen LogP contribution in [0, 0.1) is 6.92 Å². The van der Waals surface area contributed by atoms with Crippen molar-refractivity contribution < 1.29 is 9.53 Å². The van der Waals surface area contributed by atoms with Gasteiger partial charge in [0.15, 0.2) is 0 Å². The van der Waals surface area contributed by atoms with Gasteiger partial charge in [-0.1, -0.05) is 11.6 Å². The number of nitrogens with one attached hydrogen (secondary N) is 1. The molecule has 0 saturated carbocycles. The summed E-state index contributed by atoms with van der Waals surface area (Å²) in [4.78, 5) is 29.0. The summed E-state index contributed by atoms with van der Waals surface area (Å²) in [5.74, 6) is 0.0899. The molecule has 1 aliphatic heterocycles. The summed E-state index contributed by atoms with van der Waals surface area (Å²) >= 11 is 0. The monoisotopic (exact) mass is 300 g/mol. The van der Waals surface area contributed by atoms with E-state index in [1.807, 2.05) is 36.1 Å². The number of H-pyrrole nitrogens is 1. The lowest BCUT2D eigenvalue weighted by molar-refractivity contribution is -0.135. The van der Waals surface area contributed by atoms with Gasteiger partial charge in [0.25, 0.3) is 5.56 Å². The molecule has 5 heteroatoms. The van der Waals surface area contributed by atoms with Crippen LogP contribution in [0.2, 0.25) is 0 Å². The number of fused-ring (bicyclic) bond motifs is 1. The van der Waals surface area contributed by atoms with Crippen molar-refractivity contribution in [3.63, 3.8) is 0 Å². The Hall–Kier alpha value is -2.14. The van der Waals surface area contributed by atoms with Gasteiger partial charge in [-0.05, 0) is 36.9 Å². The Balaban J connectivity index is 1.74. The maximum atomic E-state index is 12.2. The van der Waals surface area contributed by atoms with Gasteiger partial charge in [0.2, 0.25) is 5.91 Å². The van der Waals surface area contributed by atoms with Crippen LogP contribution in [0.25, 0.3) is 10.9 Å². The van der Waals surface area contributed by atoms with Gasteiger partial charge in [-0.25, -0.2) is 0 Å². The molecule has 0 spiro atoms. The van der Waals surface area contributed by atoms with Crippen LogP contribution >= 0.6 is 0 Å². The molecule has 1 aliphatic rings. The minimum Gasteiger partial charge on any atom is -0.378 e. The van der Waals surface area contributed by atoms with Gasteiger partial charge in [-0.2, -0.15) is 0 Å². The maximum Gasteiger partial charge on any atom is 0.251 e. The molecular weight excluding hydrogens is 280 g/mol. The highest BCUT2D eigenvalue weighted by atomic mass is 16.5. The summed E-state index contributed by atoms with van der Waals surface area (Å²) in [6, 6.07) is 7.82. The number of morpholine rings is 1. The minimum atomic E-state index is -0.105. The number of hydrogen-bond acceptors (Lipinski definition) is 3. The van der Waals surface area contributed by atoms with E-state index in [0.29, 0.717) is 44.7 Å². The second kappa shape index (κ2) is 6.32. The molecule has 1 saturated heterocycles. The molecule has 1 fully saturated rings. The van der Waals surface area contributed by atoms with Gasteiger partial charge in [0.05, 0.1) is 13.2 Å². The molecule has 22 heavy (non-hydrogen) atoms. The number of rotatable bonds is 3. The summed E-state index contributed by atoms with van der Waals surface area (Å²) in [5, 5.41) is 1.01. The van der Waals surface area contributed by atoms with E-state index in [2.05, 4.69) is 4.98 Å². The van der Waals surface area contributed by atoms with Crippen molar-refractivity contribution in [1.82, 2.24) is 9.88 Å². The topological polar surface area (TPSA) is 62.4 Å². The van der Waals surface area contributed by atoms with E-state index in [0.717, 1.165) is 16.5 Å². The van der Waals surface area contributed by atoms with E-state index in [1.54, 1.807) is 0 Å². The van der Waals surface area contributed by atoms with Crippen molar-refractivity contribution >= 4 is 16.8 Å². The first-order valence-corrected chi connectivity index (χ1v) is 7.61. The zero-order chi connectivity index (χ0) is 15.5. The van der Waals surface area contributed by atoms with E-state index < -0.39 is 0 Å². The molecule has 1 aromatic heterocycles. The van der Waals surface area contributed by atoms with Crippen LogP contribution in [0.1, 0.15) is 17.5 Å². The van der Waals surface area contributed by atoms with Crippen LogP contribution in [0.5, 0.6) is 0 Å². The highest BCUT2D eigenvalue weighted by Crippen LogP contribution is 2.14.